The van der Waals surface area contributed by atoms with E-state index >= 15 is 0 Å². The normalized spacial score (nSPS) is 21.0. The van der Waals surface area contributed by atoms with Gasteiger partial charge in [0.25, 0.3) is 0 Å². The van der Waals surface area contributed by atoms with Crippen LogP contribution in [0.1, 0.15) is 232 Å². The number of ether oxygens (including phenoxy) is 2. The molecule has 57 heavy (non-hydrogen) atoms. The first-order valence-corrected chi connectivity index (χ1v) is 24.4. The van der Waals surface area contributed by atoms with Crippen molar-refractivity contribution in [2.45, 2.75) is 275 Å². The molecule has 0 aromatic carbocycles. The second kappa shape index (κ2) is 39.1. The van der Waals surface area contributed by atoms with E-state index in [0.717, 1.165) is 38.5 Å². The lowest BCUT2D eigenvalue weighted by molar-refractivity contribution is -0.302. The fraction of sp³-hybridized carbons (Fsp3) is 0.938. The summed E-state index contributed by atoms with van der Waals surface area (Å²) in [5, 5.41) is 54.2. The lowest BCUT2D eigenvalue weighted by Gasteiger charge is -2.40. The molecule has 0 saturated carbocycles. The molecule has 0 aromatic rings. The predicted octanol–water partition coefficient (Wildman–Crippen LogP) is 10.5. The van der Waals surface area contributed by atoms with Crippen molar-refractivity contribution in [2.75, 3.05) is 13.2 Å². The molecule has 1 rings (SSSR count). The number of unbranched alkanes of at least 4 members (excludes halogenated alkanes) is 31. The molecule has 0 aromatic heterocycles. The van der Waals surface area contributed by atoms with Gasteiger partial charge in [0.2, 0.25) is 5.91 Å². The topological polar surface area (TPSA) is 149 Å². The predicted molar refractivity (Wildman–Crippen MR) is 235 cm³/mol. The molecule has 1 amide bonds. The third-order valence-electron chi connectivity index (χ3n) is 11.9. The van der Waals surface area contributed by atoms with Crippen LogP contribution >= 0.6 is 0 Å². The number of hydrogen-bond donors (Lipinski definition) is 6. The highest BCUT2D eigenvalue weighted by Crippen LogP contribution is 2.23. The van der Waals surface area contributed by atoms with Gasteiger partial charge in [0.1, 0.15) is 24.4 Å². The number of allylic oxidation sites excluding steroid dienone is 1. The largest absolute Gasteiger partial charge is 0.394 e. The van der Waals surface area contributed by atoms with E-state index in [1.165, 1.54) is 173 Å². The van der Waals surface area contributed by atoms with Crippen LogP contribution in [0.4, 0.5) is 0 Å². The van der Waals surface area contributed by atoms with Gasteiger partial charge in [-0.1, -0.05) is 219 Å². The van der Waals surface area contributed by atoms with Gasteiger partial charge in [-0.25, -0.2) is 0 Å². The van der Waals surface area contributed by atoms with E-state index in [1.807, 2.05) is 6.08 Å². The van der Waals surface area contributed by atoms with Gasteiger partial charge < -0.3 is 40.3 Å². The smallest absolute Gasteiger partial charge is 0.220 e. The van der Waals surface area contributed by atoms with E-state index in [-0.39, 0.29) is 12.5 Å². The minimum atomic E-state index is -1.56. The van der Waals surface area contributed by atoms with Crippen molar-refractivity contribution in [1.29, 1.82) is 0 Å². The van der Waals surface area contributed by atoms with Gasteiger partial charge in [-0.2, -0.15) is 0 Å². The van der Waals surface area contributed by atoms with E-state index in [0.29, 0.717) is 6.42 Å². The minimum absolute atomic E-state index is 0.173. The lowest BCUT2D eigenvalue weighted by Crippen LogP contribution is -2.60. The molecule has 0 aliphatic carbocycles. The van der Waals surface area contributed by atoms with Crippen LogP contribution in [0.25, 0.3) is 0 Å². The van der Waals surface area contributed by atoms with Gasteiger partial charge in [0.05, 0.1) is 25.4 Å². The Morgan fingerprint density at radius 1 is 0.579 bits per heavy atom. The van der Waals surface area contributed by atoms with Gasteiger partial charge in [-0.05, 0) is 19.3 Å². The zero-order valence-electron chi connectivity index (χ0n) is 37.1. The Morgan fingerprint density at radius 3 is 1.37 bits per heavy atom. The summed E-state index contributed by atoms with van der Waals surface area (Å²) in [5.41, 5.74) is 0. The number of aliphatic hydroxyl groups excluding tert-OH is 5. The number of aliphatic hydroxyl groups is 5. The third-order valence-corrected chi connectivity index (χ3v) is 11.9. The lowest BCUT2D eigenvalue weighted by atomic mass is 9.99. The zero-order valence-corrected chi connectivity index (χ0v) is 37.1. The second-order valence-corrected chi connectivity index (χ2v) is 17.3. The van der Waals surface area contributed by atoms with Crippen molar-refractivity contribution < 1.29 is 39.8 Å². The van der Waals surface area contributed by atoms with Crippen LogP contribution in [0.3, 0.4) is 0 Å². The maximum Gasteiger partial charge on any atom is 0.220 e. The van der Waals surface area contributed by atoms with Gasteiger partial charge in [0, 0.05) is 6.42 Å². The molecule has 7 unspecified atom stereocenters. The van der Waals surface area contributed by atoms with Crippen LogP contribution in [0.15, 0.2) is 12.2 Å². The van der Waals surface area contributed by atoms with E-state index in [1.54, 1.807) is 6.08 Å². The van der Waals surface area contributed by atoms with Crippen LogP contribution in [-0.4, -0.2) is 87.5 Å². The van der Waals surface area contributed by atoms with E-state index in [4.69, 9.17) is 9.47 Å². The van der Waals surface area contributed by atoms with Gasteiger partial charge in [-0.15, -0.1) is 0 Å². The molecule has 7 atom stereocenters. The van der Waals surface area contributed by atoms with Crippen LogP contribution in [0.2, 0.25) is 0 Å². The number of hydrogen-bond acceptors (Lipinski definition) is 8. The molecule has 338 valence electrons. The Labute approximate surface area is 350 Å². The first-order chi connectivity index (χ1) is 27.8. The van der Waals surface area contributed by atoms with Crippen molar-refractivity contribution in [1.82, 2.24) is 5.32 Å². The Morgan fingerprint density at radius 2 is 0.965 bits per heavy atom. The van der Waals surface area contributed by atoms with Crippen LogP contribution in [0.5, 0.6) is 0 Å². The summed E-state index contributed by atoms with van der Waals surface area (Å²) < 4.78 is 11.2. The summed E-state index contributed by atoms with van der Waals surface area (Å²) in [6.07, 6.45) is 38.3. The minimum Gasteiger partial charge on any atom is -0.394 e. The highest BCUT2D eigenvalue weighted by atomic mass is 16.7. The van der Waals surface area contributed by atoms with E-state index in [2.05, 4.69) is 19.2 Å². The molecular formula is C48H93NO8. The van der Waals surface area contributed by atoms with E-state index < -0.39 is 49.5 Å². The highest BCUT2D eigenvalue weighted by molar-refractivity contribution is 5.76. The van der Waals surface area contributed by atoms with E-state index in [9.17, 15) is 30.3 Å². The standard InChI is InChI=1S/C48H93NO8/c1-3-5-7-9-11-13-15-17-18-19-20-21-22-23-24-26-28-30-32-34-36-38-44(52)49-41(40-56-48-47(55)46(54)45(53)43(39-50)57-48)42(51)37-35-33-31-29-27-25-16-14-12-10-8-6-4-2/h35,37,41-43,45-48,50-51,53-55H,3-34,36,38-40H2,1-2H3,(H,49,52). The highest BCUT2D eigenvalue weighted by Gasteiger charge is 2.44. The summed E-state index contributed by atoms with van der Waals surface area (Å²) in [5.74, 6) is -0.173. The molecular weight excluding hydrogens is 719 g/mol. The molecule has 1 saturated heterocycles. The van der Waals surface area contributed by atoms with Crippen molar-refractivity contribution in [2.24, 2.45) is 0 Å². The monoisotopic (exact) mass is 812 g/mol. The zero-order chi connectivity index (χ0) is 41.6. The number of rotatable bonds is 41. The first kappa shape index (κ1) is 53.9. The van der Waals surface area contributed by atoms with Crippen LogP contribution < -0.4 is 5.32 Å². The SMILES string of the molecule is CCCCCCCCCCCCCC=CC(O)C(COC1OC(CO)C(O)C(O)C1O)NC(=O)CCCCCCCCCCCCCCCCCCCCCCC. The van der Waals surface area contributed by atoms with Crippen molar-refractivity contribution in [3.63, 3.8) is 0 Å². The van der Waals surface area contributed by atoms with Gasteiger partial charge >= 0.3 is 0 Å². The fourth-order valence-electron chi connectivity index (χ4n) is 7.92. The van der Waals surface area contributed by atoms with Gasteiger partial charge in [-0.3, -0.25) is 4.79 Å². The molecule has 0 bridgehead atoms. The number of carbonyl (C=O) groups is 1. The van der Waals surface area contributed by atoms with Crippen molar-refractivity contribution >= 4 is 5.91 Å². The molecule has 1 heterocycles. The maximum atomic E-state index is 13.0. The summed E-state index contributed by atoms with van der Waals surface area (Å²) in [7, 11) is 0. The third kappa shape index (κ3) is 29.7. The quantitative estimate of drug-likeness (QED) is 0.0264. The van der Waals surface area contributed by atoms with Crippen LogP contribution in [-0.2, 0) is 14.3 Å². The Kier molecular flexibility index (Phi) is 37.0. The molecule has 9 heteroatoms. The van der Waals surface area contributed by atoms with Crippen molar-refractivity contribution in [3.05, 3.63) is 12.2 Å². The Hall–Kier alpha value is -1.07. The Balaban J connectivity index is 2.27. The number of carbonyl (C=O) groups excluding carboxylic acids is 1. The molecule has 1 aliphatic rings. The molecule has 1 fully saturated rings. The number of nitrogens with one attached hydrogen (secondary N) is 1. The summed E-state index contributed by atoms with van der Waals surface area (Å²) in [6, 6.07) is -0.798. The van der Waals surface area contributed by atoms with Crippen LogP contribution in [0, 0.1) is 0 Å². The molecule has 1 aliphatic heterocycles. The average Bonchev–Trinajstić information content (AvgIpc) is 3.21. The summed E-state index contributed by atoms with van der Waals surface area (Å²) in [4.78, 5) is 13.0. The second-order valence-electron chi connectivity index (χ2n) is 17.3. The maximum absolute atomic E-state index is 13.0. The number of amides is 1. The summed E-state index contributed by atoms with van der Waals surface area (Å²) >= 11 is 0. The molecule has 0 spiro atoms. The first-order valence-electron chi connectivity index (χ1n) is 24.4. The fourth-order valence-corrected chi connectivity index (χ4v) is 7.92. The summed E-state index contributed by atoms with van der Waals surface area (Å²) in [6.45, 7) is 3.79. The molecule has 6 N–H and O–H groups in total. The van der Waals surface area contributed by atoms with Crippen molar-refractivity contribution in [3.8, 4) is 0 Å². The molecule has 9 nitrogen and oxygen atoms in total. The molecule has 0 radical (unpaired) electrons. The van der Waals surface area contributed by atoms with Gasteiger partial charge in [0.15, 0.2) is 6.29 Å². The average molecular weight is 812 g/mol. The Bertz CT molecular complexity index is 904.